The molecule has 0 fully saturated rings. The van der Waals surface area contributed by atoms with E-state index in [9.17, 15) is 18.0 Å². The van der Waals surface area contributed by atoms with Crippen molar-refractivity contribution in [1.82, 2.24) is 0 Å². The number of alkyl halides is 3. The smallest absolute Gasteiger partial charge is 0.411 e. The molecule has 1 N–H and O–H groups in total. The van der Waals surface area contributed by atoms with Crippen LogP contribution in [0.5, 0.6) is 0 Å². The zero-order chi connectivity index (χ0) is 10.1. The van der Waals surface area contributed by atoms with Crippen molar-refractivity contribution in [2.45, 2.75) is 6.18 Å². The fraction of sp³-hybridized carbons (Fsp3) is 0.500. The Morgan fingerprint density at radius 1 is 1.54 bits per heavy atom. The Bertz CT molecular complexity index is 284. The molecule has 0 saturated heterocycles. The number of nitrogens with zero attached hydrogens (tertiary/aromatic N) is 2. The molecule has 0 aliphatic carbocycles. The molecule has 0 bridgehead atoms. The highest BCUT2D eigenvalue weighted by Gasteiger charge is 2.60. The molecule has 7 heteroatoms. The Morgan fingerprint density at radius 3 is 2.38 bits per heavy atom. The number of hydrogen-bond acceptors (Lipinski definition) is 3. The van der Waals surface area contributed by atoms with Gasteiger partial charge in [0.1, 0.15) is 6.34 Å². The van der Waals surface area contributed by atoms with Gasteiger partial charge in [-0.25, -0.2) is 4.99 Å². The van der Waals surface area contributed by atoms with Gasteiger partial charge in [0, 0.05) is 6.21 Å². The molecule has 0 aromatic rings. The number of carbonyl (C=O) groups is 1. The van der Waals surface area contributed by atoms with Crippen LogP contribution in [0.4, 0.5) is 13.2 Å². The van der Waals surface area contributed by atoms with E-state index in [0.29, 0.717) is 6.21 Å². The van der Waals surface area contributed by atoms with Gasteiger partial charge in [0.2, 0.25) is 5.41 Å². The van der Waals surface area contributed by atoms with Gasteiger partial charge in [0.15, 0.2) is 0 Å². The summed E-state index contributed by atoms with van der Waals surface area (Å²) < 4.78 is 36.9. The molecular formula is C6H5F3N2O2. The summed E-state index contributed by atoms with van der Waals surface area (Å²) in [5.41, 5.74) is -2.96. The summed E-state index contributed by atoms with van der Waals surface area (Å²) in [5.74, 6) is -1.99. The van der Waals surface area contributed by atoms with Gasteiger partial charge in [-0.15, -0.1) is 0 Å². The average molecular weight is 194 g/mol. The first-order valence-electron chi connectivity index (χ1n) is 3.23. The first-order valence-corrected chi connectivity index (χ1v) is 3.23. The Morgan fingerprint density at radius 2 is 2.15 bits per heavy atom. The lowest BCUT2D eigenvalue weighted by atomic mass is 9.88. The molecule has 72 valence electrons. The van der Waals surface area contributed by atoms with Crippen molar-refractivity contribution in [1.29, 1.82) is 0 Å². The second-order valence-corrected chi connectivity index (χ2v) is 2.51. The number of aliphatic carboxylic acids is 1. The molecule has 0 radical (unpaired) electrons. The number of halogens is 3. The lowest BCUT2D eigenvalue weighted by Crippen LogP contribution is -2.49. The van der Waals surface area contributed by atoms with Gasteiger partial charge in [0.05, 0.1) is 6.54 Å². The first kappa shape index (κ1) is 9.69. The van der Waals surface area contributed by atoms with E-state index in [1.54, 1.807) is 0 Å². The Balaban J connectivity index is 3.10. The molecule has 0 aromatic heterocycles. The molecule has 0 aromatic carbocycles. The fourth-order valence-electron chi connectivity index (χ4n) is 0.840. The molecule has 0 spiro atoms. The summed E-state index contributed by atoms with van der Waals surface area (Å²) in [4.78, 5) is 16.7. The van der Waals surface area contributed by atoms with E-state index in [2.05, 4.69) is 9.98 Å². The van der Waals surface area contributed by atoms with E-state index in [0.717, 1.165) is 6.34 Å². The molecule has 1 unspecified atom stereocenters. The lowest BCUT2D eigenvalue weighted by molar-refractivity contribution is -0.207. The van der Waals surface area contributed by atoms with Crippen molar-refractivity contribution >= 4 is 18.5 Å². The van der Waals surface area contributed by atoms with E-state index in [-0.39, 0.29) is 0 Å². The zero-order valence-corrected chi connectivity index (χ0v) is 6.25. The van der Waals surface area contributed by atoms with Crippen LogP contribution in [0.3, 0.4) is 0 Å². The summed E-state index contributed by atoms with van der Waals surface area (Å²) in [5, 5.41) is 8.44. The summed E-state index contributed by atoms with van der Waals surface area (Å²) >= 11 is 0. The van der Waals surface area contributed by atoms with E-state index in [1.807, 2.05) is 0 Å². The predicted octanol–water partition coefficient (Wildman–Crippen LogP) is 0.732. The molecule has 13 heavy (non-hydrogen) atoms. The first-order chi connectivity index (χ1) is 5.90. The van der Waals surface area contributed by atoms with Gasteiger partial charge in [-0.1, -0.05) is 0 Å². The van der Waals surface area contributed by atoms with Crippen LogP contribution < -0.4 is 0 Å². The minimum absolute atomic E-state index is 0.363. The molecular weight excluding hydrogens is 189 g/mol. The normalized spacial score (nSPS) is 27.6. The van der Waals surface area contributed by atoms with Crippen LogP contribution in [0, 0.1) is 5.41 Å². The maximum atomic E-state index is 12.3. The highest BCUT2D eigenvalue weighted by Crippen LogP contribution is 2.38. The second kappa shape index (κ2) is 2.82. The standard InChI is InChI=1S/C6H5F3N2O2/c7-6(8,9)5(4(12)13)1-10-3-11-2-5/h1,3H,2H2,(H,12,13). The largest absolute Gasteiger partial charge is 0.480 e. The molecule has 1 aliphatic rings. The Hall–Kier alpha value is -1.40. The van der Waals surface area contributed by atoms with Gasteiger partial charge in [-0.3, -0.25) is 9.79 Å². The molecule has 1 rings (SSSR count). The molecule has 1 heterocycles. The van der Waals surface area contributed by atoms with Crippen molar-refractivity contribution in [3.8, 4) is 0 Å². The van der Waals surface area contributed by atoms with E-state index in [1.165, 1.54) is 0 Å². The average Bonchev–Trinajstić information content (AvgIpc) is 2.03. The molecule has 4 nitrogen and oxygen atoms in total. The zero-order valence-electron chi connectivity index (χ0n) is 6.25. The van der Waals surface area contributed by atoms with Crippen LogP contribution in [-0.2, 0) is 4.79 Å². The van der Waals surface area contributed by atoms with Crippen LogP contribution in [-0.4, -0.2) is 36.4 Å². The third-order valence-electron chi connectivity index (χ3n) is 1.67. The summed E-state index contributed by atoms with van der Waals surface area (Å²) in [7, 11) is 0. The number of hydrogen-bond donors (Lipinski definition) is 1. The van der Waals surface area contributed by atoms with Crippen LogP contribution in [0.2, 0.25) is 0 Å². The Kier molecular flexibility index (Phi) is 2.10. The minimum atomic E-state index is -4.87. The molecule has 0 amide bonds. The van der Waals surface area contributed by atoms with Crippen molar-refractivity contribution in [2.75, 3.05) is 6.54 Å². The quantitative estimate of drug-likeness (QED) is 0.668. The van der Waals surface area contributed by atoms with E-state index in [4.69, 9.17) is 5.11 Å². The van der Waals surface area contributed by atoms with Gasteiger partial charge in [0.25, 0.3) is 0 Å². The van der Waals surface area contributed by atoms with Gasteiger partial charge in [-0.2, -0.15) is 13.2 Å². The van der Waals surface area contributed by atoms with Crippen molar-refractivity contribution in [3.63, 3.8) is 0 Å². The Labute approximate surface area is 70.8 Å². The molecule has 1 atom stereocenters. The second-order valence-electron chi connectivity index (χ2n) is 2.51. The highest BCUT2D eigenvalue weighted by molar-refractivity contribution is 5.99. The predicted molar refractivity (Wildman–Crippen MR) is 38.0 cm³/mol. The third-order valence-corrected chi connectivity index (χ3v) is 1.67. The van der Waals surface area contributed by atoms with E-state index >= 15 is 0 Å². The minimum Gasteiger partial charge on any atom is -0.480 e. The van der Waals surface area contributed by atoms with Crippen LogP contribution in [0.15, 0.2) is 9.98 Å². The monoisotopic (exact) mass is 194 g/mol. The van der Waals surface area contributed by atoms with Gasteiger partial charge < -0.3 is 5.11 Å². The molecule has 0 saturated carbocycles. The van der Waals surface area contributed by atoms with Crippen LogP contribution in [0.25, 0.3) is 0 Å². The topological polar surface area (TPSA) is 62.0 Å². The van der Waals surface area contributed by atoms with Crippen LogP contribution >= 0.6 is 0 Å². The van der Waals surface area contributed by atoms with Crippen molar-refractivity contribution in [2.24, 2.45) is 15.4 Å². The third kappa shape index (κ3) is 1.41. The number of aliphatic imine (C=N–C) groups is 2. The van der Waals surface area contributed by atoms with Crippen LogP contribution in [0.1, 0.15) is 0 Å². The fourth-order valence-corrected chi connectivity index (χ4v) is 0.840. The van der Waals surface area contributed by atoms with Crippen molar-refractivity contribution in [3.05, 3.63) is 0 Å². The number of rotatable bonds is 1. The van der Waals surface area contributed by atoms with Crippen molar-refractivity contribution < 1.29 is 23.1 Å². The highest BCUT2D eigenvalue weighted by atomic mass is 19.4. The lowest BCUT2D eigenvalue weighted by Gasteiger charge is -2.26. The summed E-state index contributed by atoms with van der Waals surface area (Å²) in [6.07, 6.45) is -3.62. The number of carboxylic acids is 1. The molecule has 1 aliphatic heterocycles. The van der Waals surface area contributed by atoms with E-state index < -0.39 is 24.1 Å². The van der Waals surface area contributed by atoms with Gasteiger partial charge >= 0.3 is 12.1 Å². The van der Waals surface area contributed by atoms with Gasteiger partial charge in [-0.05, 0) is 0 Å². The summed E-state index contributed by atoms with van der Waals surface area (Å²) in [6, 6.07) is 0. The number of carboxylic acid groups (broad SMARTS) is 1. The maximum absolute atomic E-state index is 12.3. The maximum Gasteiger partial charge on any atom is 0.411 e. The summed E-state index contributed by atoms with van der Waals surface area (Å²) in [6.45, 7) is -0.852. The SMILES string of the molecule is O=C(O)C1(C(F)(F)F)C=NC=NC1.